The smallest absolute Gasteiger partial charge is 0.433 e. The zero-order valence-electron chi connectivity index (χ0n) is 34.6. The van der Waals surface area contributed by atoms with Crippen LogP contribution in [-0.2, 0) is 15.8 Å². The summed E-state index contributed by atoms with van der Waals surface area (Å²) in [5.74, 6) is -1.88. The Balaban J connectivity index is 0.744. The molecule has 3 aliphatic carbocycles. The van der Waals surface area contributed by atoms with E-state index in [4.69, 9.17) is 9.84 Å². The Labute approximate surface area is 355 Å². The van der Waals surface area contributed by atoms with E-state index in [2.05, 4.69) is 32.9 Å². The quantitative estimate of drug-likeness (QED) is 0.142. The van der Waals surface area contributed by atoms with Gasteiger partial charge < -0.3 is 20.3 Å². The summed E-state index contributed by atoms with van der Waals surface area (Å²) in [4.78, 5) is 71.1. The van der Waals surface area contributed by atoms with Crippen molar-refractivity contribution in [3.05, 3.63) is 77.2 Å². The Morgan fingerprint density at radius 2 is 1.69 bits per heavy atom. The van der Waals surface area contributed by atoms with Crippen molar-refractivity contribution < 1.29 is 41.9 Å². The lowest BCUT2D eigenvalue weighted by molar-refractivity contribution is -0.141. The summed E-state index contributed by atoms with van der Waals surface area (Å²) in [7, 11) is 3.70. The molecule has 0 radical (unpaired) electrons. The van der Waals surface area contributed by atoms with Crippen LogP contribution in [0.4, 0.5) is 24.5 Å². The first-order valence-corrected chi connectivity index (χ1v) is 21.4. The molecule has 1 unspecified atom stereocenters. The molecule has 4 fully saturated rings. The van der Waals surface area contributed by atoms with E-state index in [1.54, 1.807) is 24.3 Å². The monoisotopic (exact) mass is 854 g/mol. The van der Waals surface area contributed by atoms with Crippen molar-refractivity contribution >= 4 is 51.8 Å². The molecule has 62 heavy (non-hydrogen) atoms. The maximum absolute atomic E-state index is 13.6. The van der Waals surface area contributed by atoms with Crippen LogP contribution in [0.5, 0.6) is 5.75 Å². The summed E-state index contributed by atoms with van der Waals surface area (Å²) in [5.41, 5.74) is 0.978. The lowest BCUT2D eigenvalue weighted by Gasteiger charge is -2.53. The van der Waals surface area contributed by atoms with Gasteiger partial charge in [-0.15, -0.1) is 0 Å². The molecule has 5 aliphatic rings. The molecule has 14 nitrogen and oxygen atoms in total. The third-order valence-corrected chi connectivity index (χ3v) is 13.9. The molecule has 4 heterocycles. The van der Waals surface area contributed by atoms with E-state index < -0.39 is 47.4 Å². The average Bonchev–Trinajstić information content (AvgIpc) is 3.77. The SMILES string of the molecule is COc1cc2nn(C3CCC(CN(C)C4CCC5(CC4)CC(Nc4cccc6c4C(=O)N(C4CCC(=O)NC4=O)C6=O)C5)CC3)cc2cc1NC(=O)c1cccc(C(F)(F)F)n1. The number of nitrogens with zero attached hydrogens (tertiary/aromatic N) is 5. The zero-order valence-corrected chi connectivity index (χ0v) is 34.6. The number of anilines is 2. The molecule has 17 heteroatoms. The van der Waals surface area contributed by atoms with Crippen LogP contribution in [0.25, 0.3) is 10.9 Å². The molecule has 0 bridgehead atoms. The molecule has 3 N–H and O–H groups in total. The molecule has 2 aliphatic heterocycles. The van der Waals surface area contributed by atoms with Gasteiger partial charge in [-0.05, 0) is 119 Å². The normalized spacial score (nSPS) is 26.4. The predicted octanol–water partition coefficient (Wildman–Crippen LogP) is 6.98. The van der Waals surface area contributed by atoms with Gasteiger partial charge in [0.1, 0.15) is 23.2 Å². The van der Waals surface area contributed by atoms with Gasteiger partial charge in [-0.1, -0.05) is 12.1 Å². The first kappa shape index (κ1) is 41.5. The Morgan fingerprint density at radius 3 is 2.40 bits per heavy atom. The highest BCUT2D eigenvalue weighted by molar-refractivity contribution is 6.25. The third-order valence-electron chi connectivity index (χ3n) is 13.9. The summed E-state index contributed by atoms with van der Waals surface area (Å²) >= 11 is 0. The number of imide groups is 2. The molecule has 5 amide bonds. The van der Waals surface area contributed by atoms with Crippen LogP contribution in [0.1, 0.15) is 120 Å². The number of rotatable bonds is 10. The number of aromatic nitrogens is 3. The van der Waals surface area contributed by atoms with Crippen LogP contribution < -0.4 is 20.7 Å². The molecular formula is C45H49F3N8O6. The summed E-state index contributed by atoms with van der Waals surface area (Å²) in [6, 6.07) is 11.8. The van der Waals surface area contributed by atoms with Crippen molar-refractivity contribution in [3.8, 4) is 5.75 Å². The molecule has 3 saturated carbocycles. The fourth-order valence-electron chi connectivity index (χ4n) is 10.6. The van der Waals surface area contributed by atoms with Crippen LogP contribution in [0.3, 0.4) is 0 Å². The number of carbonyl (C=O) groups excluding carboxylic acids is 5. The highest BCUT2D eigenvalue weighted by Crippen LogP contribution is 2.53. The maximum Gasteiger partial charge on any atom is 0.433 e. The number of hydrogen-bond donors (Lipinski definition) is 3. The summed E-state index contributed by atoms with van der Waals surface area (Å²) in [5, 5.41) is 14.1. The van der Waals surface area contributed by atoms with Crippen molar-refractivity contribution in [2.24, 2.45) is 11.3 Å². The van der Waals surface area contributed by atoms with E-state index in [0.717, 1.165) is 93.2 Å². The fourth-order valence-corrected chi connectivity index (χ4v) is 10.6. The highest BCUT2D eigenvalue weighted by Gasteiger charge is 2.49. The Hall–Kier alpha value is -5.84. The van der Waals surface area contributed by atoms with E-state index in [1.165, 1.54) is 13.2 Å². The second-order valence-electron chi connectivity index (χ2n) is 17.9. The minimum absolute atomic E-state index is 0.0786. The van der Waals surface area contributed by atoms with Crippen molar-refractivity contribution in [1.82, 2.24) is 29.9 Å². The van der Waals surface area contributed by atoms with Crippen molar-refractivity contribution in [2.45, 2.75) is 107 Å². The number of alkyl halides is 3. The number of nitrogens with one attached hydrogen (secondary N) is 3. The van der Waals surface area contributed by atoms with Crippen molar-refractivity contribution in [1.29, 1.82) is 0 Å². The number of carbonyl (C=O) groups is 5. The van der Waals surface area contributed by atoms with Crippen LogP contribution in [0, 0.1) is 11.3 Å². The first-order valence-electron chi connectivity index (χ1n) is 21.4. The number of hydrogen-bond acceptors (Lipinski definition) is 10. The number of benzene rings is 2. The second-order valence-corrected chi connectivity index (χ2v) is 17.9. The van der Waals surface area contributed by atoms with Gasteiger partial charge in [0.25, 0.3) is 17.7 Å². The Kier molecular flexibility index (Phi) is 10.8. The Bertz CT molecular complexity index is 2450. The standard InChI is InChI=1S/C45H49F3N8O6/c1-54(28-15-17-44(18-16-28)21-27(22-44)49-31-6-3-5-30-39(31)43(61)56(42(30)60)35-13-14-38(57)52-41(35)59)23-25-9-11-29(12-10-25)55-24-26-19-34(36(62-2)20-33(26)53-55)51-40(58)32-7-4-8-37(50-32)45(46,47)48/h3-8,19-20,24-25,27-29,35,49H,9-18,21-23H2,1-2H3,(H,51,58)(H,52,57,59). The van der Waals surface area contributed by atoms with Gasteiger partial charge in [-0.2, -0.15) is 18.3 Å². The van der Waals surface area contributed by atoms with Gasteiger partial charge in [-0.25, -0.2) is 4.98 Å². The molecule has 4 aromatic rings. The number of amides is 5. The van der Waals surface area contributed by atoms with E-state index in [1.807, 2.05) is 16.9 Å². The number of fused-ring (bicyclic) bond motifs is 2. The average molecular weight is 855 g/mol. The van der Waals surface area contributed by atoms with Crippen LogP contribution in [-0.4, -0.2) is 92.9 Å². The molecule has 1 atom stereocenters. The molecule has 326 valence electrons. The van der Waals surface area contributed by atoms with Gasteiger partial charge in [0.2, 0.25) is 11.8 Å². The van der Waals surface area contributed by atoms with E-state index >= 15 is 0 Å². The van der Waals surface area contributed by atoms with Gasteiger partial charge >= 0.3 is 6.18 Å². The van der Waals surface area contributed by atoms with Crippen molar-refractivity contribution in [2.75, 3.05) is 31.3 Å². The second kappa shape index (κ2) is 16.1. The van der Waals surface area contributed by atoms with Crippen LogP contribution in [0.2, 0.25) is 0 Å². The molecular weight excluding hydrogens is 806 g/mol. The molecule has 2 aromatic heterocycles. The largest absolute Gasteiger partial charge is 0.494 e. The molecule has 9 rings (SSSR count). The van der Waals surface area contributed by atoms with Crippen LogP contribution >= 0.6 is 0 Å². The van der Waals surface area contributed by atoms with Gasteiger partial charge in [0, 0.05) is 48.4 Å². The fraction of sp³-hybridized carbons (Fsp3) is 0.489. The molecule has 1 saturated heterocycles. The van der Waals surface area contributed by atoms with Gasteiger partial charge in [-0.3, -0.25) is 38.9 Å². The molecule has 2 aromatic carbocycles. The number of pyridine rings is 1. The Morgan fingerprint density at radius 1 is 0.952 bits per heavy atom. The highest BCUT2D eigenvalue weighted by atomic mass is 19.4. The maximum atomic E-state index is 13.6. The minimum Gasteiger partial charge on any atom is -0.494 e. The van der Waals surface area contributed by atoms with Gasteiger partial charge in [0.15, 0.2) is 0 Å². The van der Waals surface area contributed by atoms with Crippen LogP contribution in [0.15, 0.2) is 54.7 Å². The van der Waals surface area contributed by atoms with E-state index in [9.17, 15) is 37.1 Å². The van der Waals surface area contributed by atoms with Crippen molar-refractivity contribution in [3.63, 3.8) is 0 Å². The summed E-state index contributed by atoms with van der Waals surface area (Å²) in [6.07, 6.45) is 8.15. The topological polar surface area (TPSA) is 168 Å². The predicted molar refractivity (Wildman–Crippen MR) is 222 cm³/mol. The zero-order chi connectivity index (χ0) is 43.5. The number of ether oxygens (including phenoxy) is 1. The number of piperidine rings is 1. The summed E-state index contributed by atoms with van der Waals surface area (Å²) in [6.45, 7) is 1.04. The van der Waals surface area contributed by atoms with Gasteiger partial charge in [0.05, 0.1) is 35.5 Å². The summed E-state index contributed by atoms with van der Waals surface area (Å²) < 4.78 is 47.1. The van der Waals surface area contributed by atoms with E-state index in [0.29, 0.717) is 40.2 Å². The number of halogens is 3. The minimum atomic E-state index is -4.67. The number of methoxy groups -OCH3 is 1. The molecule has 1 spiro atoms. The first-order chi connectivity index (χ1) is 29.7. The lowest BCUT2D eigenvalue weighted by atomic mass is 9.57. The van der Waals surface area contributed by atoms with E-state index in [-0.39, 0.29) is 41.6 Å². The third kappa shape index (κ3) is 7.90. The lowest BCUT2D eigenvalue weighted by Crippen LogP contribution is -2.54.